The number of halogens is 4. The van der Waals surface area contributed by atoms with Gasteiger partial charge in [-0.1, -0.05) is 25.4 Å². The minimum atomic E-state index is -4.34. The van der Waals surface area contributed by atoms with Gasteiger partial charge in [0.05, 0.1) is 0 Å². The van der Waals surface area contributed by atoms with Gasteiger partial charge in [0.2, 0.25) is 0 Å². The Morgan fingerprint density at radius 2 is 1.86 bits per heavy atom. The first-order chi connectivity index (χ1) is 6.25. The Bertz CT molecular complexity index is 302. The standard InChI is InChI=1S/C9H11ClF3N/c1-4(2)6-5(3)14-8(10)7(6)9(11,12)13/h4,7H,1-3H3. The van der Waals surface area contributed by atoms with Gasteiger partial charge >= 0.3 is 6.18 Å². The van der Waals surface area contributed by atoms with Gasteiger partial charge in [0.15, 0.2) is 0 Å². The van der Waals surface area contributed by atoms with Crippen LogP contribution in [0.3, 0.4) is 0 Å². The highest BCUT2D eigenvalue weighted by molar-refractivity contribution is 6.66. The quantitative estimate of drug-likeness (QED) is 0.645. The molecule has 0 aromatic rings. The lowest BCUT2D eigenvalue weighted by Crippen LogP contribution is -2.29. The lowest BCUT2D eigenvalue weighted by Gasteiger charge is -2.20. The third-order valence-corrected chi connectivity index (χ3v) is 2.49. The number of hydrogen-bond donors (Lipinski definition) is 0. The molecule has 80 valence electrons. The molecule has 0 radical (unpaired) electrons. The van der Waals surface area contributed by atoms with E-state index in [4.69, 9.17) is 11.6 Å². The van der Waals surface area contributed by atoms with Gasteiger partial charge in [0.25, 0.3) is 0 Å². The van der Waals surface area contributed by atoms with Gasteiger partial charge in [0.1, 0.15) is 11.1 Å². The fraction of sp³-hybridized carbons (Fsp3) is 0.667. The maximum Gasteiger partial charge on any atom is 0.401 e. The summed E-state index contributed by atoms with van der Waals surface area (Å²) < 4.78 is 37.8. The maximum absolute atomic E-state index is 12.6. The molecule has 1 atom stereocenters. The van der Waals surface area contributed by atoms with Crippen molar-refractivity contribution < 1.29 is 13.2 Å². The lowest BCUT2D eigenvalue weighted by molar-refractivity contribution is -0.146. The summed E-state index contributed by atoms with van der Waals surface area (Å²) in [6, 6.07) is 0. The van der Waals surface area contributed by atoms with Gasteiger partial charge in [-0.05, 0) is 18.4 Å². The zero-order chi connectivity index (χ0) is 11.1. The van der Waals surface area contributed by atoms with Crippen LogP contribution in [0.25, 0.3) is 0 Å². The molecule has 0 N–H and O–H groups in total. The van der Waals surface area contributed by atoms with E-state index in [0.29, 0.717) is 5.70 Å². The van der Waals surface area contributed by atoms with E-state index in [2.05, 4.69) is 4.99 Å². The SMILES string of the molecule is CC1=C(C(C)C)C(C(F)(F)F)C(Cl)=N1. The van der Waals surface area contributed by atoms with E-state index in [0.717, 1.165) is 0 Å². The third kappa shape index (κ3) is 1.95. The molecule has 1 aliphatic rings. The Kier molecular flexibility index (Phi) is 2.95. The minimum Gasteiger partial charge on any atom is -0.245 e. The first-order valence-corrected chi connectivity index (χ1v) is 4.64. The van der Waals surface area contributed by atoms with E-state index in [9.17, 15) is 13.2 Å². The van der Waals surface area contributed by atoms with Crippen LogP contribution < -0.4 is 0 Å². The van der Waals surface area contributed by atoms with Crippen molar-refractivity contribution >= 4 is 16.8 Å². The zero-order valence-corrected chi connectivity index (χ0v) is 8.87. The summed E-state index contributed by atoms with van der Waals surface area (Å²) in [6.45, 7) is 4.98. The van der Waals surface area contributed by atoms with Crippen molar-refractivity contribution in [2.24, 2.45) is 16.8 Å². The Labute approximate surface area is 85.7 Å². The van der Waals surface area contributed by atoms with E-state index < -0.39 is 12.1 Å². The van der Waals surface area contributed by atoms with Gasteiger partial charge in [0, 0.05) is 5.70 Å². The highest BCUT2D eigenvalue weighted by Gasteiger charge is 2.48. The largest absolute Gasteiger partial charge is 0.401 e. The second kappa shape index (κ2) is 3.57. The van der Waals surface area contributed by atoms with Crippen molar-refractivity contribution in [1.82, 2.24) is 0 Å². The Morgan fingerprint density at radius 1 is 1.36 bits per heavy atom. The number of rotatable bonds is 1. The third-order valence-electron chi connectivity index (χ3n) is 2.19. The molecule has 0 spiro atoms. The van der Waals surface area contributed by atoms with Gasteiger partial charge in [-0.25, -0.2) is 4.99 Å². The molecule has 1 aliphatic heterocycles. The van der Waals surface area contributed by atoms with Crippen molar-refractivity contribution in [2.75, 3.05) is 0 Å². The maximum atomic E-state index is 12.6. The molecule has 0 bridgehead atoms. The van der Waals surface area contributed by atoms with Crippen LogP contribution in [0, 0.1) is 11.8 Å². The van der Waals surface area contributed by atoms with E-state index in [-0.39, 0.29) is 16.7 Å². The van der Waals surface area contributed by atoms with E-state index in [1.54, 1.807) is 20.8 Å². The number of alkyl halides is 3. The molecule has 0 saturated carbocycles. The number of allylic oxidation sites excluding steroid dienone is 2. The Hall–Kier alpha value is -0.510. The molecule has 1 nitrogen and oxygen atoms in total. The van der Waals surface area contributed by atoms with E-state index in [1.807, 2.05) is 0 Å². The van der Waals surface area contributed by atoms with Crippen molar-refractivity contribution in [2.45, 2.75) is 26.9 Å². The molecule has 1 rings (SSSR count). The van der Waals surface area contributed by atoms with E-state index in [1.165, 1.54) is 0 Å². The zero-order valence-electron chi connectivity index (χ0n) is 8.11. The van der Waals surface area contributed by atoms with Gasteiger partial charge in [-0.3, -0.25) is 0 Å². The molecule has 0 amide bonds. The first kappa shape index (κ1) is 11.6. The average Bonchev–Trinajstić information content (AvgIpc) is 2.23. The van der Waals surface area contributed by atoms with Crippen LogP contribution in [-0.4, -0.2) is 11.3 Å². The van der Waals surface area contributed by atoms with Crippen LogP contribution in [-0.2, 0) is 0 Å². The van der Waals surface area contributed by atoms with Crippen LogP contribution in [0.1, 0.15) is 20.8 Å². The highest BCUT2D eigenvalue weighted by Crippen LogP contribution is 2.42. The lowest BCUT2D eigenvalue weighted by atomic mass is 9.90. The molecule has 0 aromatic carbocycles. The smallest absolute Gasteiger partial charge is 0.245 e. The van der Waals surface area contributed by atoms with Gasteiger partial charge in [-0.2, -0.15) is 13.2 Å². The molecule has 0 aromatic heterocycles. The summed E-state index contributed by atoms with van der Waals surface area (Å²) in [7, 11) is 0. The van der Waals surface area contributed by atoms with Crippen molar-refractivity contribution in [3.63, 3.8) is 0 Å². The predicted molar refractivity (Wildman–Crippen MR) is 50.4 cm³/mol. The van der Waals surface area contributed by atoms with Crippen LogP contribution in [0.2, 0.25) is 0 Å². The van der Waals surface area contributed by atoms with Crippen LogP contribution in [0.4, 0.5) is 13.2 Å². The summed E-state index contributed by atoms with van der Waals surface area (Å²) in [5.74, 6) is -1.88. The van der Waals surface area contributed by atoms with Crippen LogP contribution >= 0.6 is 11.6 Å². The fourth-order valence-corrected chi connectivity index (χ4v) is 2.06. The normalized spacial score (nSPS) is 23.4. The molecular weight excluding hydrogens is 215 g/mol. The number of nitrogens with zero attached hydrogens (tertiary/aromatic N) is 1. The monoisotopic (exact) mass is 225 g/mol. The summed E-state index contributed by atoms with van der Waals surface area (Å²) in [6.07, 6.45) is -4.34. The Morgan fingerprint density at radius 3 is 2.14 bits per heavy atom. The second-order valence-electron chi connectivity index (χ2n) is 3.60. The van der Waals surface area contributed by atoms with Crippen molar-refractivity contribution in [3.8, 4) is 0 Å². The molecule has 5 heteroatoms. The molecule has 0 saturated heterocycles. The fourth-order valence-electron chi connectivity index (χ4n) is 1.69. The topological polar surface area (TPSA) is 12.4 Å². The Balaban J connectivity index is 3.12. The molecule has 1 unspecified atom stereocenters. The summed E-state index contributed by atoms with van der Waals surface area (Å²) in [4.78, 5) is 3.68. The van der Waals surface area contributed by atoms with Crippen molar-refractivity contribution in [3.05, 3.63) is 11.3 Å². The van der Waals surface area contributed by atoms with Crippen molar-refractivity contribution in [1.29, 1.82) is 0 Å². The van der Waals surface area contributed by atoms with Crippen LogP contribution in [0.15, 0.2) is 16.3 Å². The van der Waals surface area contributed by atoms with E-state index >= 15 is 0 Å². The predicted octanol–water partition coefficient (Wildman–Crippen LogP) is 3.75. The molecule has 14 heavy (non-hydrogen) atoms. The first-order valence-electron chi connectivity index (χ1n) is 4.26. The number of hydrogen-bond acceptors (Lipinski definition) is 1. The minimum absolute atomic E-state index is 0.193. The molecule has 0 fully saturated rings. The molecular formula is C9H11ClF3N. The summed E-state index contributed by atoms with van der Waals surface area (Å²) in [5.41, 5.74) is 0.676. The second-order valence-corrected chi connectivity index (χ2v) is 3.99. The summed E-state index contributed by atoms with van der Waals surface area (Å²) in [5, 5.41) is -0.362. The molecule has 1 heterocycles. The van der Waals surface area contributed by atoms with Crippen LogP contribution in [0.5, 0.6) is 0 Å². The number of aliphatic imine (C=N–C) groups is 1. The molecule has 0 aliphatic carbocycles. The average molecular weight is 226 g/mol. The van der Waals surface area contributed by atoms with Gasteiger partial charge < -0.3 is 0 Å². The highest BCUT2D eigenvalue weighted by atomic mass is 35.5. The summed E-state index contributed by atoms with van der Waals surface area (Å²) >= 11 is 5.48. The van der Waals surface area contributed by atoms with Gasteiger partial charge in [-0.15, -0.1) is 0 Å².